The van der Waals surface area contributed by atoms with Gasteiger partial charge in [-0.1, -0.05) is 24.3 Å². The molecule has 2 rings (SSSR count). The normalized spacial score (nSPS) is 12.3. The van der Waals surface area contributed by atoms with Crippen LogP contribution in [0, 0.1) is 0 Å². The van der Waals surface area contributed by atoms with Gasteiger partial charge in [-0.25, -0.2) is 8.42 Å². The molecular weight excluding hydrogens is 316 g/mol. The van der Waals surface area contributed by atoms with E-state index in [4.69, 9.17) is 5.11 Å². The van der Waals surface area contributed by atoms with E-state index in [0.717, 1.165) is 11.1 Å². The van der Waals surface area contributed by atoms with Crippen LogP contribution in [0.25, 0.3) is 11.1 Å². The number of carboxylic acids is 1. The molecule has 0 amide bonds. The van der Waals surface area contributed by atoms with Gasteiger partial charge in [-0.05, 0) is 31.9 Å². The van der Waals surface area contributed by atoms with Gasteiger partial charge in [-0.3, -0.25) is 9.48 Å². The minimum atomic E-state index is -3.64. The first-order chi connectivity index (χ1) is 10.6. The van der Waals surface area contributed by atoms with E-state index in [1.807, 2.05) is 23.0 Å². The summed E-state index contributed by atoms with van der Waals surface area (Å²) in [5, 5.41) is 12.9. The number of benzene rings is 1. The highest BCUT2D eigenvalue weighted by molar-refractivity contribution is 7.91. The van der Waals surface area contributed by atoms with Crippen molar-refractivity contribution >= 4 is 15.8 Å². The monoisotopic (exact) mass is 336 g/mol. The zero-order valence-electron chi connectivity index (χ0n) is 13.4. The van der Waals surface area contributed by atoms with Gasteiger partial charge in [0, 0.05) is 11.8 Å². The van der Waals surface area contributed by atoms with Gasteiger partial charge < -0.3 is 5.11 Å². The highest BCUT2D eigenvalue weighted by atomic mass is 32.2. The Kier molecular flexibility index (Phi) is 4.61. The van der Waals surface area contributed by atoms with Gasteiger partial charge in [-0.2, -0.15) is 5.10 Å². The van der Waals surface area contributed by atoms with Gasteiger partial charge in [-0.15, -0.1) is 0 Å². The molecule has 0 aliphatic rings. The second-order valence-electron chi connectivity index (χ2n) is 6.47. The Morgan fingerprint density at radius 1 is 1.17 bits per heavy atom. The van der Waals surface area contributed by atoms with E-state index in [2.05, 4.69) is 25.9 Å². The molecule has 0 saturated heterocycles. The fourth-order valence-corrected chi connectivity index (χ4v) is 3.30. The summed E-state index contributed by atoms with van der Waals surface area (Å²) in [4.78, 5) is 10.5. The van der Waals surface area contributed by atoms with Crippen LogP contribution in [0.4, 0.5) is 0 Å². The van der Waals surface area contributed by atoms with Gasteiger partial charge in [0.1, 0.15) is 5.75 Å². The van der Waals surface area contributed by atoms with Crippen molar-refractivity contribution in [3.05, 3.63) is 42.2 Å². The molecule has 1 heterocycles. The van der Waals surface area contributed by atoms with Crippen LogP contribution in [0.3, 0.4) is 0 Å². The molecule has 0 aliphatic carbocycles. The maximum Gasteiger partial charge on any atom is 0.318 e. The van der Waals surface area contributed by atoms with Crippen LogP contribution in [0.5, 0.6) is 0 Å². The van der Waals surface area contributed by atoms with Gasteiger partial charge in [0.2, 0.25) is 0 Å². The summed E-state index contributed by atoms with van der Waals surface area (Å²) in [6.07, 6.45) is 3.71. The number of carbonyl (C=O) groups is 1. The lowest BCUT2D eigenvalue weighted by molar-refractivity contribution is -0.134. The molecule has 0 aliphatic heterocycles. The molecule has 1 aromatic carbocycles. The number of rotatable bonds is 5. The number of nitrogens with zero attached hydrogens (tertiary/aromatic N) is 2. The molecule has 23 heavy (non-hydrogen) atoms. The molecule has 1 N–H and O–H groups in total. The molecule has 0 radical (unpaired) electrons. The topological polar surface area (TPSA) is 89.3 Å². The summed E-state index contributed by atoms with van der Waals surface area (Å²) in [6, 6.07) is 7.03. The Morgan fingerprint density at radius 3 is 2.26 bits per heavy atom. The molecule has 1 aromatic heterocycles. The fourth-order valence-electron chi connectivity index (χ4n) is 2.13. The van der Waals surface area contributed by atoms with Gasteiger partial charge in [0.05, 0.1) is 17.5 Å². The third kappa shape index (κ3) is 4.66. The van der Waals surface area contributed by atoms with Crippen LogP contribution >= 0.6 is 0 Å². The smallest absolute Gasteiger partial charge is 0.318 e. The van der Waals surface area contributed by atoms with Crippen molar-refractivity contribution < 1.29 is 18.3 Å². The van der Waals surface area contributed by atoms with Crippen molar-refractivity contribution in [1.82, 2.24) is 9.78 Å². The molecule has 0 bridgehead atoms. The van der Waals surface area contributed by atoms with E-state index < -0.39 is 21.6 Å². The van der Waals surface area contributed by atoms with Gasteiger partial charge in [0.25, 0.3) is 0 Å². The largest absolute Gasteiger partial charge is 0.480 e. The molecule has 0 spiro atoms. The van der Waals surface area contributed by atoms with Crippen LogP contribution in [0.15, 0.2) is 36.7 Å². The maximum absolute atomic E-state index is 11.7. The lowest BCUT2D eigenvalue weighted by Crippen LogP contribution is -2.21. The van der Waals surface area contributed by atoms with E-state index in [9.17, 15) is 13.2 Å². The number of aromatic nitrogens is 2. The quantitative estimate of drug-likeness (QED) is 0.905. The number of carboxylic acid groups (broad SMARTS) is 1. The molecule has 124 valence electrons. The van der Waals surface area contributed by atoms with Crippen LogP contribution in [0.2, 0.25) is 0 Å². The third-order valence-electron chi connectivity index (χ3n) is 3.29. The van der Waals surface area contributed by atoms with Crippen LogP contribution in [-0.4, -0.2) is 35.0 Å². The maximum atomic E-state index is 11.7. The Morgan fingerprint density at radius 2 is 1.78 bits per heavy atom. The highest BCUT2D eigenvalue weighted by Gasteiger charge is 2.17. The van der Waals surface area contributed by atoms with Crippen molar-refractivity contribution in [2.45, 2.75) is 32.1 Å². The van der Waals surface area contributed by atoms with E-state index >= 15 is 0 Å². The Balaban J connectivity index is 2.17. The van der Waals surface area contributed by atoms with Gasteiger partial charge in [0.15, 0.2) is 9.84 Å². The summed E-state index contributed by atoms with van der Waals surface area (Å²) in [7, 11) is -3.64. The van der Waals surface area contributed by atoms with Crippen molar-refractivity contribution in [1.29, 1.82) is 0 Å². The number of sulfone groups is 1. The average Bonchev–Trinajstić information content (AvgIpc) is 2.86. The lowest BCUT2D eigenvalue weighted by Gasteiger charge is -2.18. The third-order valence-corrected chi connectivity index (χ3v) is 4.75. The predicted octanol–water partition coefficient (Wildman–Crippen LogP) is 2.30. The molecule has 7 heteroatoms. The first-order valence-electron chi connectivity index (χ1n) is 7.13. The second-order valence-corrected chi connectivity index (χ2v) is 8.53. The van der Waals surface area contributed by atoms with E-state index in [1.54, 1.807) is 18.3 Å². The summed E-state index contributed by atoms with van der Waals surface area (Å²) in [5.41, 5.74) is 2.33. The summed E-state index contributed by atoms with van der Waals surface area (Å²) in [5.74, 6) is -2.47. The molecule has 6 nitrogen and oxygen atoms in total. The van der Waals surface area contributed by atoms with Crippen LogP contribution in [-0.2, 0) is 25.9 Å². The Bertz CT molecular complexity index is 799. The summed E-state index contributed by atoms with van der Waals surface area (Å²) >= 11 is 0. The standard InChI is InChI=1S/C16H20N2O4S/c1-16(2,3)18-9-14(8-17-18)13-6-4-12(5-7-13)10-23(21,22)11-15(19)20/h4-9H,10-11H2,1-3H3,(H,19,20). The zero-order chi connectivity index (χ0) is 17.3. The first kappa shape index (κ1) is 17.2. The Labute approximate surface area is 135 Å². The number of aliphatic carboxylic acids is 1. The average molecular weight is 336 g/mol. The number of hydrogen-bond acceptors (Lipinski definition) is 4. The zero-order valence-corrected chi connectivity index (χ0v) is 14.2. The SMILES string of the molecule is CC(C)(C)n1cc(-c2ccc(CS(=O)(=O)CC(=O)O)cc2)cn1. The van der Waals surface area contributed by atoms with Crippen molar-refractivity contribution in [3.8, 4) is 11.1 Å². The predicted molar refractivity (Wildman–Crippen MR) is 87.8 cm³/mol. The molecule has 0 fully saturated rings. The highest BCUT2D eigenvalue weighted by Crippen LogP contribution is 2.22. The minimum absolute atomic E-state index is 0.108. The van der Waals surface area contributed by atoms with Crippen LogP contribution in [0.1, 0.15) is 26.3 Å². The van der Waals surface area contributed by atoms with Gasteiger partial charge >= 0.3 is 5.97 Å². The molecule has 0 atom stereocenters. The summed E-state index contributed by atoms with van der Waals surface area (Å²) in [6.45, 7) is 6.17. The number of hydrogen-bond donors (Lipinski definition) is 1. The van der Waals surface area contributed by atoms with E-state index in [0.29, 0.717) is 5.56 Å². The van der Waals surface area contributed by atoms with Crippen molar-refractivity contribution in [2.24, 2.45) is 0 Å². The minimum Gasteiger partial charge on any atom is -0.480 e. The van der Waals surface area contributed by atoms with E-state index in [1.165, 1.54) is 0 Å². The summed E-state index contributed by atoms with van der Waals surface area (Å²) < 4.78 is 25.2. The molecule has 2 aromatic rings. The van der Waals surface area contributed by atoms with Crippen molar-refractivity contribution in [3.63, 3.8) is 0 Å². The fraction of sp³-hybridized carbons (Fsp3) is 0.375. The molecule has 0 saturated carbocycles. The Hall–Kier alpha value is -2.15. The second kappa shape index (κ2) is 6.16. The lowest BCUT2D eigenvalue weighted by atomic mass is 10.1. The first-order valence-corrected chi connectivity index (χ1v) is 8.96. The molecule has 0 unspecified atom stereocenters. The van der Waals surface area contributed by atoms with E-state index in [-0.39, 0.29) is 11.3 Å². The van der Waals surface area contributed by atoms with Crippen LogP contribution < -0.4 is 0 Å². The van der Waals surface area contributed by atoms with Crippen molar-refractivity contribution in [2.75, 3.05) is 5.75 Å². The molecular formula is C16H20N2O4S.